The monoisotopic (exact) mass is 100 g/mol. The van der Waals surface area contributed by atoms with E-state index in [1.807, 2.05) is 0 Å². The van der Waals surface area contributed by atoms with E-state index in [-0.39, 0.29) is 0 Å². The van der Waals surface area contributed by atoms with Gasteiger partial charge in [0.25, 0.3) is 0 Å². The van der Waals surface area contributed by atoms with Gasteiger partial charge in [-0.3, -0.25) is 5.41 Å². The first-order valence-electron chi connectivity index (χ1n) is 2.91. The van der Waals surface area contributed by atoms with E-state index in [0.717, 1.165) is 18.6 Å². The Hall–Kier alpha value is -0.330. The third-order valence-electron chi connectivity index (χ3n) is 1.03. The molecule has 0 aromatic heterocycles. The highest BCUT2D eigenvalue weighted by atomic mass is 14.4. The van der Waals surface area contributed by atoms with Crippen LogP contribution in [0.2, 0.25) is 0 Å². The van der Waals surface area contributed by atoms with Gasteiger partial charge in [-0.05, 0) is 6.42 Å². The first-order valence-corrected chi connectivity index (χ1v) is 2.91. The van der Waals surface area contributed by atoms with Gasteiger partial charge in [0.1, 0.15) is 5.71 Å². The van der Waals surface area contributed by atoms with Crippen LogP contribution < -0.4 is 5.41 Å². The van der Waals surface area contributed by atoms with Gasteiger partial charge in [0.2, 0.25) is 0 Å². The average molecular weight is 100 g/mol. The Bertz CT molecular complexity index is 57.2. The zero-order valence-corrected chi connectivity index (χ0v) is 5.20. The lowest BCUT2D eigenvalue weighted by atomic mass is 10.2. The van der Waals surface area contributed by atoms with E-state index in [0.29, 0.717) is 0 Å². The minimum Gasteiger partial charge on any atom is -0.261 e. The van der Waals surface area contributed by atoms with Crippen LogP contribution in [0.5, 0.6) is 0 Å². The zero-order chi connectivity index (χ0) is 5.70. The second-order valence-electron chi connectivity index (χ2n) is 1.76. The quantitative estimate of drug-likeness (QED) is 0.497. The van der Waals surface area contributed by atoms with Crippen LogP contribution in [-0.2, 0) is 0 Å². The smallest absolute Gasteiger partial charge is 0.148 e. The molecular weight excluding hydrogens is 86.1 g/mol. The molecule has 42 valence electrons. The molecule has 0 rings (SSSR count). The minimum absolute atomic E-state index is 1.04. The van der Waals surface area contributed by atoms with Crippen molar-refractivity contribution in [2.75, 3.05) is 0 Å². The lowest BCUT2D eigenvalue weighted by molar-refractivity contribution is -0.118. The summed E-state index contributed by atoms with van der Waals surface area (Å²) in [6.07, 6.45) is 3.31. The molecule has 0 aromatic carbocycles. The highest BCUT2D eigenvalue weighted by Gasteiger charge is 1.92. The molecule has 0 fully saturated rings. The molecule has 0 aromatic rings. The Morgan fingerprint density at radius 3 is 2.14 bits per heavy atom. The van der Waals surface area contributed by atoms with Crippen molar-refractivity contribution in [1.29, 1.82) is 0 Å². The molecule has 0 spiro atoms. The second kappa shape index (κ2) is 3.85. The summed E-state index contributed by atoms with van der Waals surface area (Å²) in [6.45, 7) is 4.23. The lowest BCUT2D eigenvalue weighted by Gasteiger charge is -1.85. The van der Waals surface area contributed by atoms with Gasteiger partial charge >= 0.3 is 0 Å². The summed E-state index contributed by atoms with van der Waals surface area (Å²) in [4.78, 5) is 0. The molecule has 0 heterocycles. The third kappa shape index (κ3) is 3.50. The largest absolute Gasteiger partial charge is 0.261 e. The summed E-state index contributed by atoms with van der Waals surface area (Å²) in [6, 6.07) is 0. The van der Waals surface area contributed by atoms with Gasteiger partial charge < -0.3 is 0 Å². The van der Waals surface area contributed by atoms with Crippen LogP contribution in [0.3, 0.4) is 0 Å². The Morgan fingerprint density at radius 2 is 2.00 bits per heavy atom. The SMILES string of the molecule is CCCC(=[NH2+])CC. The van der Waals surface area contributed by atoms with Crippen LogP contribution in [0.25, 0.3) is 0 Å². The highest BCUT2D eigenvalue weighted by Crippen LogP contribution is 1.88. The predicted molar refractivity (Wildman–Crippen MR) is 32.1 cm³/mol. The Morgan fingerprint density at radius 1 is 1.43 bits per heavy atom. The Labute approximate surface area is 45.2 Å². The molecular formula is C6H14N+. The van der Waals surface area contributed by atoms with Gasteiger partial charge in [0.15, 0.2) is 0 Å². The molecule has 0 amide bonds. The summed E-state index contributed by atoms with van der Waals surface area (Å²) in [7, 11) is 0. The van der Waals surface area contributed by atoms with Crippen molar-refractivity contribution < 1.29 is 5.41 Å². The van der Waals surface area contributed by atoms with Crippen LogP contribution in [0, 0.1) is 0 Å². The van der Waals surface area contributed by atoms with Crippen LogP contribution in [0.4, 0.5) is 0 Å². The molecule has 0 radical (unpaired) electrons. The van der Waals surface area contributed by atoms with E-state index >= 15 is 0 Å². The molecule has 1 heteroatoms. The first kappa shape index (κ1) is 6.67. The van der Waals surface area contributed by atoms with Crippen molar-refractivity contribution >= 4 is 5.71 Å². The third-order valence-corrected chi connectivity index (χ3v) is 1.03. The van der Waals surface area contributed by atoms with Gasteiger partial charge in [0, 0.05) is 12.8 Å². The maximum atomic E-state index is 5.50. The summed E-state index contributed by atoms with van der Waals surface area (Å²) in [5, 5.41) is 5.50. The molecule has 0 bridgehead atoms. The van der Waals surface area contributed by atoms with Gasteiger partial charge in [-0.1, -0.05) is 13.8 Å². The molecule has 2 N–H and O–H groups in total. The summed E-state index contributed by atoms with van der Waals surface area (Å²) in [5.74, 6) is 0. The minimum atomic E-state index is 1.04. The van der Waals surface area contributed by atoms with E-state index in [2.05, 4.69) is 13.8 Å². The fourth-order valence-corrected chi connectivity index (χ4v) is 0.498. The Kier molecular flexibility index (Phi) is 3.67. The normalized spacial score (nSPS) is 8.86. The summed E-state index contributed by atoms with van der Waals surface area (Å²) >= 11 is 0. The van der Waals surface area contributed by atoms with Gasteiger partial charge in [0.05, 0.1) is 0 Å². The first-order chi connectivity index (χ1) is 3.31. The average Bonchev–Trinajstić information content (AvgIpc) is 1.68. The molecule has 0 saturated carbocycles. The molecule has 0 aliphatic heterocycles. The zero-order valence-electron chi connectivity index (χ0n) is 5.20. The lowest BCUT2D eigenvalue weighted by Crippen LogP contribution is -2.38. The van der Waals surface area contributed by atoms with Crippen LogP contribution in [0.15, 0.2) is 0 Å². The summed E-state index contributed by atoms with van der Waals surface area (Å²) < 4.78 is 0. The van der Waals surface area contributed by atoms with E-state index in [4.69, 9.17) is 5.41 Å². The second-order valence-corrected chi connectivity index (χ2v) is 1.76. The van der Waals surface area contributed by atoms with E-state index in [9.17, 15) is 0 Å². The van der Waals surface area contributed by atoms with Crippen molar-refractivity contribution in [3.8, 4) is 0 Å². The van der Waals surface area contributed by atoms with Crippen molar-refractivity contribution in [2.45, 2.75) is 33.1 Å². The van der Waals surface area contributed by atoms with Crippen molar-refractivity contribution in [2.24, 2.45) is 0 Å². The molecule has 0 saturated heterocycles. The number of nitrogens with two attached hydrogens (primary N) is 1. The Balaban J connectivity index is 3.00. The standard InChI is InChI=1S/C6H13N/c1-3-5-6(7)4-2/h7H,3-5H2,1-2H3/p+1. The molecule has 7 heavy (non-hydrogen) atoms. The fraction of sp³-hybridized carbons (Fsp3) is 0.833. The van der Waals surface area contributed by atoms with Crippen molar-refractivity contribution in [1.82, 2.24) is 0 Å². The van der Waals surface area contributed by atoms with E-state index in [1.165, 1.54) is 6.42 Å². The molecule has 0 atom stereocenters. The topological polar surface area (TPSA) is 25.6 Å². The molecule has 0 aliphatic carbocycles. The summed E-state index contributed by atoms with van der Waals surface area (Å²) in [5.41, 5.74) is 1.13. The fourth-order valence-electron chi connectivity index (χ4n) is 0.498. The van der Waals surface area contributed by atoms with Crippen LogP contribution >= 0.6 is 0 Å². The van der Waals surface area contributed by atoms with Gasteiger partial charge in [-0.25, -0.2) is 0 Å². The molecule has 1 nitrogen and oxygen atoms in total. The predicted octanol–water partition coefficient (Wildman–Crippen LogP) is 0.397. The van der Waals surface area contributed by atoms with E-state index in [1.54, 1.807) is 0 Å². The molecule has 0 aliphatic rings. The number of rotatable bonds is 3. The van der Waals surface area contributed by atoms with Gasteiger partial charge in [-0.15, -0.1) is 0 Å². The van der Waals surface area contributed by atoms with Gasteiger partial charge in [-0.2, -0.15) is 0 Å². The van der Waals surface area contributed by atoms with Crippen LogP contribution in [-0.4, -0.2) is 5.71 Å². The van der Waals surface area contributed by atoms with E-state index < -0.39 is 0 Å². The van der Waals surface area contributed by atoms with Crippen molar-refractivity contribution in [3.05, 3.63) is 0 Å². The number of hydrogen-bond acceptors (Lipinski definition) is 0. The number of hydrogen-bond donors (Lipinski definition) is 1. The maximum Gasteiger partial charge on any atom is 0.148 e. The molecule has 0 unspecified atom stereocenters. The van der Waals surface area contributed by atoms with Crippen LogP contribution in [0.1, 0.15) is 33.1 Å². The highest BCUT2D eigenvalue weighted by molar-refractivity contribution is 5.77. The maximum absolute atomic E-state index is 5.50. The van der Waals surface area contributed by atoms with Crippen molar-refractivity contribution in [3.63, 3.8) is 0 Å².